The summed E-state index contributed by atoms with van der Waals surface area (Å²) in [5.74, 6) is -1.58. The number of nitrogens with one attached hydrogen (secondary N) is 1. The smallest absolute Gasteiger partial charge is 0.326 e. The van der Waals surface area contributed by atoms with E-state index in [1.54, 1.807) is 6.07 Å². The fourth-order valence-electron chi connectivity index (χ4n) is 2.14. The van der Waals surface area contributed by atoms with Crippen molar-refractivity contribution < 1.29 is 19.8 Å². The summed E-state index contributed by atoms with van der Waals surface area (Å²) in [5.41, 5.74) is 1.42. The van der Waals surface area contributed by atoms with E-state index in [0.29, 0.717) is 5.56 Å². The van der Waals surface area contributed by atoms with Gasteiger partial charge in [0.2, 0.25) is 5.91 Å². The van der Waals surface area contributed by atoms with Gasteiger partial charge in [0.1, 0.15) is 11.8 Å². The first kappa shape index (κ1) is 16.8. The fraction of sp³-hybridized carbons (Fsp3) is 0.176. The average Bonchev–Trinajstić information content (AvgIpc) is 2.51. The second-order valence-electron chi connectivity index (χ2n) is 5.11. The lowest BCUT2D eigenvalue weighted by atomic mass is 10.1. The molecule has 0 radical (unpaired) electrons. The third-order valence-electron chi connectivity index (χ3n) is 3.29. The quantitative estimate of drug-likeness (QED) is 0.757. The van der Waals surface area contributed by atoms with Gasteiger partial charge in [-0.05, 0) is 23.3 Å². The van der Waals surface area contributed by atoms with E-state index in [9.17, 15) is 19.8 Å². The van der Waals surface area contributed by atoms with Gasteiger partial charge in [0.15, 0.2) is 0 Å². The second-order valence-corrected chi connectivity index (χ2v) is 5.52. The van der Waals surface area contributed by atoms with Crippen LogP contribution in [0.3, 0.4) is 0 Å². The predicted molar refractivity (Wildman–Crippen MR) is 86.5 cm³/mol. The number of aliphatic carboxylic acids is 1. The Balaban J connectivity index is 2.00. The molecule has 0 spiro atoms. The van der Waals surface area contributed by atoms with Crippen LogP contribution in [0.15, 0.2) is 48.5 Å². The molecule has 0 saturated heterocycles. The first-order valence-corrected chi connectivity index (χ1v) is 7.37. The number of rotatable bonds is 6. The van der Waals surface area contributed by atoms with Crippen LogP contribution in [0, 0.1) is 0 Å². The molecule has 0 aromatic heterocycles. The van der Waals surface area contributed by atoms with E-state index in [2.05, 4.69) is 5.32 Å². The number of carboxylic acid groups (broad SMARTS) is 1. The maximum Gasteiger partial charge on any atom is 0.326 e. The van der Waals surface area contributed by atoms with Crippen molar-refractivity contribution >= 4 is 23.5 Å². The van der Waals surface area contributed by atoms with Gasteiger partial charge in [-0.2, -0.15) is 0 Å². The molecule has 6 heteroatoms. The molecule has 0 bridgehead atoms. The van der Waals surface area contributed by atoms with Gasteiger partial charge in [-0.15, -0.1) is 0 Å². The summed E-state index contributed by atoms with van der Waals surface area (Å²) in [6.45, 7) is 0. The SMILES string of the molecule is O=C(Cc1ccc(O)c(Cl)c1)N[C@@H](Cc1ccccc1)C(=O)O. The molecule has 1 atom stereocenters. The summed E-state index contributed by atoms with van der Waals surface area (Å²) in [7, 11) is 0. The number of phenolic OH excluding ortho intramolecular Hbond substituents is 1. The van der Waals surface area contributed by atoms with Crippen molar-refractivity contribution in [2.45, 2.75) is 18.9 Å². The molecular weight excluding hydrogens is 318 g/mol. The standard InChI is InChI=1S/C17H16ClNO4/c18-13-8-12(6-7-15(13)20)10-16(21)19-14(17(22)23)9-11-4-2-1-3-5-11/h1-8,14,20H,9-10H2,(H,19,21)(H,22,23)/t14-/m0/s1. The summed E-state index contributed by atoms with van der Waals surface area (Å²) >= 11 is 5.78. The molecular formula is C17H16ClNO4. The van der Waals surface area contributed by atoms with Crippen LogP contribution >= 0.6 is 11.6 Å². The lowest BCUT2D eigenvalue weighted by Crippen LogP contribution is -2.43. The third kappa shape index (κ3) is 5.00. The van der Waals surface area contributed by atoms with Crippen molar-refractivity contribution in [2.75, 3.05) is 0 Å². The molecule has 0 unspecified atom stereocenters. The predicted octanol–water partition coefficient (Wildman–Crippen LogP) is 2.40. The van der Waals surface area contributed by atoms with Crippen molar-refractivity contribution in [3.8, 4) is 5.75 Å². The van der Waals surface area contributed by atoms with E-state index in [1.165, 1.54) is 12.1 Å². The van der Waals surface area contributed by atoms with Crippen molar-refractivity contribution in [1.29, 1.82) is 0 Å². The average molecular weight is 334 g/mol. The molecule has 2 aromatic rings. The first-order valence-electron chi connectivity index (χ1n) is 6.99. The minimum Gasteiger partial charge on any atom is -0.506 e. The Kier molecular flexibility index (Phi) is 5.60. The molecule has 0 aliphatic rings. The largest absolute Gasteiger partial charge is 0.506 e. The van der Waals surface area contributed by atoms with E-state index in [4.69, 9.17) is 11.6 Å². The highest BCUT2D eigenvalue weighted by Gasteiger charge is 2.20. The molecule has 2 rings (SSSR count). The summed E-state index contributed by atoms with van der Waals surface area (Å²) < 4.78 is 0. The molecule has 0 aliphatic carbocycles. The van der Waals surface area contributed by atoms with Gasteiger partial charge in [0.05, 0.1) is 11.4 Å². The number of benzene rings is 2. The maximum absolute atomic E-state index is 12.0. The molecule has 3 N–H and O–H groups in total. The van der Waals surface area contributed by atoms with Crippen LogP contribution < -0.4 is 5.32 Å². The molecule has 0 fully saturated rings. The van der Waals surface area contributed by atoms with Crippen molar-refractivity contribution in [3.05, 3.63) is 64.7 Å². The molecule has 23 heavy (non-hydrogen) atoms. The zero-order valence-corrected chi connectivity index (χ0v) is 13.0. The van der Waals surface area contributed by atoms with Crippen LogP contribution in [0.1, 0.15) is 11.1 Å². The van der Waals surface area contributed by atoms with Gasteiger partial charge in [-0.3, -0.25) is 4.79 Å². The number of halogens is 1. The van der Waals surface area contributed by atoms with E-state index in [0.717, 1.165) is 5.56 Å². The Morgan fingerprint density at radius 3 is 2.39 bits per heavy atom. The lowest BCUT2D eigenvalue weighted by molar-refractivity contribution is -0.141. The van der Waals surface area contributed by atoms with E-state index >= 15 is 0 Å². The Labute approximate surface area is 138 Å². The van der Waals surface area contributed by atoms with Gasteiger partial charge >= 0.3 is 5.97 Å². The monoisotopic (exact) mass is 333 g/mol. The number of aromatic hydroxyl groups is 1. The maximum atomic E-state index is 12.0. The molecule has 2 aromatic carbocycles. The van der Waals surface area contributed by atoms with Crippen LogP contribution in [-0.4, -0.2) is 28.1 Å². The number of carboxylic acids is 1. The normalized spacial score (nSPS) is 11.7. The Morgan fingerprint density at radius 2 is 1.78 bits per heavy atom. The van der Waals surface area contributed by atoms with Crippen LogP contribution in [-0.2, 0) is 22.4 Å². The molecule has 0 saturated carbocycles. The third-order valence-corrected chi connectivity index (χ3v) is 3.60. The Hall–Kier alpha value is -2.53. The van der Waals surface area contributed by atoms with Gasteiger partial charge in [-0.25, -0.2) is 4.79 Å². The van der Waals surface area contributed by atoms with Gasteiger partial charge < -0.3 is 15.5 Å². The van der Waals surface area contributed by atoms with Gasteiger partial charge in [0.25, 0.3) is 0 Å². The lowest BCUT2D eigenvalue weighted by Gasteiger charge is -2.15. The van der Waals surface area contributed by atoms with Crippen LogP contribution in [0.2, 0.25) is 5.02 Å². The summed E-state index contributed by atoms with van der Waals surface area (Å²) in [6.07, 6.45) is 0.191. The number of amides is 1. The van der Waals surface area contributed by atoms with Crippen LogP contribution in [0.5, 0.6) is 5.75 Å². The van der Waals surface area contributed by atoms with Gasteiger partial charge in [-0.1, -0.05) is 48.0 Å². The zero-order chi connectivity index (χ0) is 16.8. The summed E-state index contributed by atoms with van der Waals surface area (Å²) in [4.78, 5) is 23.4. The number of hydrogen-bond acceptors (Lipinski definition) is 3. The van der Waals surface area contributed by atoms with Crippen molar-refractivity contribution in [2.24, 2.45) is 0 Å². The van der Waals surface area contributed by atoms with Crippen molar-refractivity contribution in [3.63, 3.8) is 0 Å². The molecule has 0 aliphatic heterocycles. The summed E-state index contributed by atoms with van der Waals surface area (Å²) in [6, 6.07) is 12.5. The fourth-order valence-corrected chi connectivity index (χ4v) is 2.34. The molecule has 5 nitrogen and oxygen atoms in total. The topological polar surface area (TPSA) is 86.6 Å². The highest BCUT2D eigenvalue weighted by atomic mass is 35.5. The van der Waals surface area contributed by atoms with Crippen LogP contribution in [0.25, 0.3) is 0 Å². The van der Waals surface area contributed by atoms with Crippen molar-refractivity contribution in [1.82, 2.24) is 5.32 Å². The van der Waals surface area contributed by atoms with E-state index in [-0.39, 0.29) is 23.6 Å². The zero-order valence-electron chi connectivity index (χ0n) is 12.2. The van der Waals surface area contributed by atoms with E-state index < -0.39 is 17.9 Å². The van der Waals surface area contributed by atoms with Crippen LogP contribution in [0.4, 0.5) is 0 Å². The number of carbonyl (C=O) groups excluding carboxylic acids is 1. The first-order chi connectivity index (χ1) is 11.0. The van der Waals surface area contributed by atoms with Gasteiger partial charge in [0, 0.05) is 6.42 Å². The van der Waals surface area contributed by atoms with E-state index in [1.807, 2.05) is 30.3 Å². The molecule has 0 heterocycles. The molecule has 120 valence electrons. The Morgan fingerprint density at radius 1 is 1.09 bits per heavy atom. The minimum atomic E-state index is -1.09. The molecule has 1 amide bonds. The minimum absolute atomic E-state index is 0.0153. The second kappa shape index (κ2) is 7.65. The number of hydrogen-bond donors (Lipinski definition) is 3. The highest BCUT2D eigenvalue weighted by molar-refractivity contribution is 6.32. The summed E-state index contributed by atoms with van der Waals surface area (Å²) in [5, 5.41) is 21.3. The highest BCUT2D eigenvalue weighted by Crippen LogP contribution is 2.23. The Bertz CT molecular complexity index is 703. The number of carbonyl (C=O) groups is 2. The number of phenols is 1.